The number of nitrogens with zero attached hydrogens (tertiary/aromatic N) is 1. The maximum absolute atomic E-state index is 12.9. The minimum Gasteiger partial charge on any atom is -0.496 e. The molecule has 3 aromatic rings. The number of nitrogens with one attached hydrogen (secondary N) is 1. The van der Waals surface area contributed by atoms with Crippen LogP contribution in [0.1, 0.15) is 21.9 Å². The number of methoxy groups -OCH3 is 2. The van der Waals surface area contributed by atoms with Gasteiger partial charge in [-0.2, -0.15) is 0 Å². The number of ether oxygens (including phenoxy) is 2. The highest BCUT2D eigenvalue weighted by Crippen LogP contribution is 2.31. The molecule has 8 heteroatoms. The molecular weight excluding hydrogens is 388 g/mol. The molecule has 1 aromatic heterocycles. The predicted octanol–water partition coefficient (Wildman–Crippen LogP) is 3.32. The van der Waals surface area contributed by atoms with Gasteiger partial charge in [0.25, 0.3) is 5.91 Å². The molecule has 2 heterocycles. The fourth-order valence-corrected chi connectivity index (χ4v) is 3.29. The Hall–Kier alpha value is -4.07. The molecule has 0 saturated carbocycles. The Bertz CT molecular complexity index is 1190. The Labute approximate surface area is 171 Å². The molecule has 3 amide bonds. The van der Waals surface area contributed by atoms with E-state index in [1.807, 2.05) is 36.4 Å². The highest BCUT2D eigenvalue weighted by atomic mass is 16.5. The first kappa shape index (κ1) is 19.3. The van der Waals surface area contributed by atoms with E-state index in [1.165, 1.54) is 19.2 Å². The highest BCUT2D eigenvalue weighted by molar-refractivity contribution is 6.14. The third kappa shape index (κ3) is 3.39. The van der Waals surface area contributed by atoms with Crippen LogP contribution in [-0.2, 0) is 16.1 Å². The summed E-state index contributed by atoms with van der Waals surface area (Å²) in [4.78, 5) is 37.8. The standard InChI is InChI=1S/C22H18N2O6/c1-28-18-9-7-13-5-3-4-6-15(13)16(18)11-17-20(25)24(22(27)23-17)12-14-8-10-19(30-14)21(26)29-2/h3-11H,12H2,1-2H3,(H,23,27)/b17-11-. The van der Waals surface area contributed by atoms with Gasteiger partial charge >= 0.3 is 12.0 Å². The van der Waals surface area contributed by atoms with Gasteiger partial charge in [0.1, 0.15) is 17.2 Å². The Morgan fingerprint density at radius 2 is 1.90 bits per heavy atom. The van der Waals surface area contributed by atoms with Crippen LogP contribution in [0.4, 0.5) is 4.79 Å². The van der Waals surface area contributed by atoms with E-state index in [1.54, 1.807) is 13.2 Å². The molecular formula is C22H18N2O6. The first-order chi connectivity index (χ1) is 14.5. The van der Waals surface area contributed by atoms with Gasteiger partial charge in [-0.05, 0) is 35.0 Å². The number of carbonyl (C=O) groups is 3. The van der Waals surface area contributed by atoms with Gasteiger partial charge < -0.3 is 19.2 Å². The van der Waals surface area contributed by atoms with E-state index in [2.05, 4.69) is 10.1 Å². The van der Waals surface area contributed by atoms with Gasteiger partial charge in [0.2, 0.25) is 5.76 Å². The molecule has 0 spiro atoms. The molecule has 0 atom stereocenters. The van der Waals surface area contributed by atoms with Crippen molar-refractivity contribution in [2.45, 2.75) is 6.54 Å². The third-order valence-electron chi connectivity index (χ3n) is 4.76. The Morgan fingerprint density at radius 3 is 2.67 bits per heavy atom. The van der Waals surface area contributed by atoms with Crippen LogP contribution in [0.25, 0.3) is 16.8 Å². The molecule has 1 aliphatic heterocycles. The second-order valence-electron chi connectivity index (χ2n) is 6.54. The number of hydrogen-bond acceptors (Lipinski definition) is 6. The van der Waals surface area contributed by atoms with Crippen molar-refractivity contribution in [3.63, 3.8) is 0 Å². The van der Waals surface area contributed by atoms with E-state index in [4.69, 9.17) is 9.15 Å². The van der Waals surface area contributed by atoms with E-state index in [9.17, 15) is 14.4 Å². The molecule has 0 unspecified atom stereocenters. The minimum absolute atomic E-state index is 0.00388. The van der Waals surface area contributed by atoms with E-state index in [-0.39, 0.29) is 23.8 Å². The monoisotopic (exact) mass is 406 g/mol. The number of amides is 3. The number of imide groups is 1. The van der Waals surface area contributed by atoms with Crippen LogP contribution in [0.5, 0.6) is 5.75 Å². The summed E-state index contributed by atoms with van der Waals surface area (Å²) in [6.45, 7) is -0.119. The van der Waals surface area contributed by atoms with Crippen molar-refractivity contribution in [2.24, 2.45) is 0 Å². The molecule has 30 heavy (non-hydrogen) atoms. The van der Waals surface area contributed by atoms with Crippen LogP contribution < -0.4 is 10.1 Å². The van der Waals surface area contributed by atoms with Crippen LogP contribution in [0, 0.1) is 0 Å². The zero-order valence-electron chi connectivity index (χ0n) is 16.3. The van der Waals surface area contributed by atoms with Crippen LogP contribution in [-0.4, -0.2) is 37.0 Å². The Balaban J connectivity index is 1.65. The Kier molecular flexibility index (Phi) is 4.97. The third-order valence-corrected chi connectivity index (χ3v) is 4.76. The molecule has 1 saturated heterocycles. The van der Waals surface area contributed by atoms with Gasteiger partial charge in [0.05, 0.1) is 20.8 Å². The van der Waals surface area contributed by atoms with E-state index >= 15 is 0 Å². The van der Waals surface area contributed by atoms with Crippen LogP contribution in [0.3, 0.4) is 0 Å². The van der Waals surface area contributed by atoms with Crippen molar-refractivity contribution in [3.05, 3.63) is 71.3 Å². The number of benzene rings is 2. The highest BCUT2D eigenvalue weighted by Gasteiger charge is 2.34. The number of furan rings is 1. The zero-order valence-corrected chi connectivity index (χ0v) is 16.3. The average molecular weight is 406 g/mol. The maximum atomic E-state index is 12.9. The number of hydrogen-bond donors (Lipinski definition) is 1. The second-order valence-corrected chi connectivity index (χ2v) is 6.54. The Morgan fingerprint density at radius 1 is 1.10 bits per heavy atom. The SMILES string of the molecule is COC(=O)c1ccc(CN2C(=O)N/C(=C\c3c(OC)ccc4ccccc34)C2=O)o1. The quantitative estimate of drug-likeness (QED) is 0.397. The van der Waals surface area contributed by atoms with Crippen LogP contribution >= 0.6 is 0 Å². The molecule has 2 aromatic carbocycles. The number of esters is 1. The van der Waals surface area contributed by atoms with Crippen molar-refractivity contribution in [1.82, 2.24) is 10.2 Å². The smallest absolute Gasteiger partial charge is 0.373 e. The van der Waals surface area contributed by atoms with Crippen molar-refractivity contribution in [1.29, 1.82) is 0 Å². The summed E-state index contributed by atoms with van der Waals surface area (Å²) in [6.07, 6.45) is 1.60. The van der Waals surface area contributed by atoms with Gasteiger partial charge in [-0.1, -0.05) is 30.3 Å². The summed E-state index contributed by atoms with van der Waals surface area (Å²) in [7, 11) is 2.78. The van der Waals surface area contributed by atoms with Crippen molar-refractivity contribution < 1.29 is 28.3 Å². The lowest BCUT2D eigenvalue weighted by Crippen LogP contribution is -2.30. The molecule has 4 rings (SSSR count). The van der Waals surface area contributed by atoms with E-state index in [0.29, 0.717) is 11.3 Å². The summed E-state index contributed by atoms with van der Waals surface area (Å²) >= 11 is 0. The summed E-state index contributed by atoms with van der Waals surface area (Å²) in [6, 6.07) is 13.8. The lowest BCUT2D eigenvalue weighted by atomic mass is 10.0. The molecule has 1 N–H and O–H groups in total. The largest absolute Gasteiger partial charge is 0.496 e. The van der Waals surface area contributed by atoms with Gasteiger partial charge in [0, 0.05) is 5.56 Å². The van der Waals surface area contributed by atoms with E-state index < -0.39 is 17.9 Å². The number of carbonyl (C=O) groups excluding carboxylic acids is 3. The van der Waals surface area contributed by atoms with E-state index in [0.717, 1.165) is 15.7 Å². The summed E-state index contributed by atoms with van der Waals surface area (Å²) in [5.74, 6) is -0.290. The summed E-state index contributed by atoms with van der Waals surface area (Å²) < 4.78 is 15.4. The predicted molar refractivity (Wildman–Crippen MR) is 108 cm³/mol. The number of fused-ring (bicyclic) bond motifs is 1. The molecule has 1 aliphatic rings. The number of urea groups is 1. The van der Waals surface area contributed by atoms with Gasteiger partial charge in [-0.3, -0.25) is 9.69 Å². The fourth-order valence-electron chi connectivity index (χ4n) is 3.29. The van der Waals surface area contributed by atoms with Crippen molar-refractivity contribution >= 4 is 34.8 Å². The molecule has 152 valence electrons. The lowest BCUT2D eigenvalue weighted by molar-refractivity contribution is -0.123. The first-order valence-electron chi connectivity index (χ1n) is 9.09. The molecule has 0 radical (unpaired) electrons. The van der Waals surface area contributed by atoms with Crippen LogP contribution in [0.2, 0.25) is 0 Å². The fraction of sp³-hybridized carbons (Fsp3) is 0.136. The summed E-state index contributed by atoms with van der Waals surface area (Å²) in [5, 5.41) is 4.45. The maximum Gasteiger partial charge on any atom is 0.373 e. The van der Waals surface area contributed by atoms with Gasteiger partial charge in [-0.15, -0.1) is 0 Å². The molecule has 0 aliphatic carbocycles. The van der Waals surface area contributed by atoms with Crippen molar-refractivity contribution in [2.75, 3.05) is 14.2 Å². The van der Waals surface area contributed by atoms with Gasteiger partial charge in [0.15, 0.2) is 0 Å². The minimum atomic E-state index is -0.637. The average Bonchev–Trinajstić information content (AvgIpc) is 3.34. The zero-order chi connectivity index (χ0) is 21.3. The topological polar surface area (TPSA) is 98.1 Å². The lowest BCUT2D eigenvalue weighted by Gasteiger charge is -2.10. The molecule has 1 fully saturated rings. The van der Waals surface area contributed by atoms with Crippen molar-refractivity contribution in [3.8, 4) is 5.75 Å². The molecule has 0 bridgehead atoms. The first-order valence-corrected chi connectivity index (χ1v) is 9.09. The molecule has 8 nitrogen and oxygen atoms in total. The normalized spacial score (nSPS) is 15.0. The van der Waals surface area contributed by atoms with Crippen LogP contribution in [0.15, 0.2) is 58.6 Å². The van der Waals surface area contributed by atoms with Gasteiger partial charge in [-0.25, -0.2) is 9.59 Å². The summed E-state index contributed by atoms with van der Waals surface area (Å²) in [5.41, 5.74) is 0.807. The second kappa shape index (κ2) is 7.75. The number of rotatable bonds is 5.